The maximum atomic E-state index is 12.2. The van der Waals surface area contributed by atoms with Crippen LogP contribution in [0.4, 0.5) is 0 Å². The molecule has 5 rings (SSSR count). The number of aliphatic hydroxyl groups is 1. The number of carboxylic acid groups (broad SMARTS) is 1. The van der Waals surface area contributed by atoms with Crippen LogP contribution in [-0.2, 0) is 14.4 Å². The number of carbonyl (C=O) groups excluding carboxylic acids is 1. The highest BCUT2D eigenvalue weighted by atomic mass is 16.6. The summed E-state index contributed by atoms with van der Waals surface area (Å²) in [6.07, 6.45) is 16.0. The van der Waals surface area contributed by atoms with Gasteiger partial charge in [-0.3, -0.25) is 9.59 Å². The molecule has 0 aromatic rings. The van der Waals surface area contributed by atoms with Gasteiger partial charge in [0.15, 0.2) is 6.61 Å². The van der Waals surface area contributed by atoms with Crippen molar-refractivity contribution in [3.8, 4) is 0 Å². The van der Waals surface area contributed by atoms with E-state index in [1.807, 2.05) is 6.08 Å². The summed E-state index contributed by atoms with van der Waals surface area (Å²) in [6.45, 7) is 7.20. The third-order valence-electron chi connectivity index (χ3n) is 11.3. The van der Waals surface area contributed by atoms with Crippen molar-refractivity contribution in [2.24, 2.45) is 45.6 Å². The molecule has 3 N–H and O–H groups in total. The number of carbonyl (C=O) groups is 2. The Bertz CT molecular complexity index is 1010. The first kappa shape index (κ1) is 26.5. The van der Waals surface area contributed by atoms with Crippen molar-refractivity contribution in [2.45, 2.75) is 90.6 Å². The standard InChI is InChI=1S/C30H44N2O5/c1-28-13-10-22(32-37-18-26(33)31-17-19-4-6-20(7-5-19)27(34)35)16-21(28)8-9-23-24(28)11-14-29(2)25(23)12-15-30(29,3)36/h10,13,16,19-20,23-25,36H,4-9,11-12,14-15,17-18H2,1-3H3,(H,31,33)(H,34,35)/t19?,20?,23-,24-,25-,28+,29+,30+/m1/s1. The second-order valence-electron chi connectivity index (χ2n) is 13.1. The number of hydrogen-bond donors (Lipinski definition) is 3. The third-order valence-corrected chi connectivity index (χ3v) is 11.3. The summed E-state index contributed by atoms with van der Waals surface area (Å²) in [4.78, 5) is 28.7. The molecule has 0 bridgehead atoms. The Balaban J connectivity index is 1.13. The molecular weight excluding hydrogens is 468 g/mol. The average molecular weight is 513 g/mol. The predicted octanol–water partition coefficient (Wildman–Crippen LogP) is 4.86. The molecule has 5 aliphatic carbocycles. The molecule has 0 saturated heterocycles. The molecule has 0 aromatic carbocycles. The van der Waals surface area contributed by atoms with E-state index in [-0.39, 0.29) is 29.3 Å². The highest BCUT2D eigenvalue weighted by Gasteiger charge is 2.61. The van der Waals surface area contributed by atoms with Crippen LogP contribution in [0.3, 0.4) is 0 Å². The molecule has 0 unspecified atom stereocenters. The number of amides is 1. The number of fused-ring (bicyclic) bond motifs is 5. The van der Waals surface area contributed by atoms with E-state index in [0.29, 0.717) is 43.1 Å². The largest absolute Gasteiger partial charge is 0.481 e. The molecule has 0 radical (unpaired) electrons. The summed E-state index contributed by atoms with van der Waals surface area (Å²) in [5, 5.41) is 27.4. The smallest absolute Gasteiger partial charge is 0.306 e. The van der Waals surface area contributed by atoms with Crippen LogP contribution in [0.25, 0.3) is 0 Å². The van der Waals surface area contributed by atoms with E-state index in [2.05, 4.69) is 43.4 Å². The molecule has 6 atom stereocenters. The van der Waals surface area contributed by atoms with Crippen LogP contribution in [0, 0.1) is 40.4 Å². The van der Waals surface area contributed by atoms with Gasteiger partial charge in [-0.2, -0.15) is 0 Å². The Kier molecular flexibility index (Phi) is 7.05. The highest BCUT2D eigenvalue weighted by molar-refractivity contribution is 6.05. The Morgan fingerprint density at radius 3 is 2.51 bits per heavy atom. The normalized spacial score (nSPS) is 43.8. The van der Waals surface area contributed by atoms with Crippen molar-refractivity contribution in [1.29, 1.82) is 0 Å². The zero-order valence-corrected chi connectivity index (χ0v) is 22.7. The summed E-state index contributed by atoms with van der Waals surface area (Å²) in [7, 11) is 0. The molecule has 37 heavy (non-hydrogen) atoms. The van der Waals surface area contributed by atoms with Gasteiger partial charge in [0.05, 0.1) is 11.5 Å². The van der Waals surface area contributed by atoms with Crippen molar-refractivity contribution < 1.29 is 24.6 Å². The number of oxime groups is 1. The van der Waals surface area contributed by atoms with Gasteiger partial charge in [0.2, 0.25) is 0 Å². The fourth-order valence-electron chi connectivity index (χ4n) is 8.60. The molecule has 7 nitrogen and oxygen atoms in total. The fraction of sp³-hybridized carbons (Fsp3) is 0.767. The Hall–Kier alpha value is -2.15. The first-order valence-corrected chi connectivity index (χ1v) is 14.4. The van der Waals surface area contributed by atoms with Crippen LogP contribution in [0.15, 0.2) is 29.0 Å². The Labute approximate surface area is 220 Å². The Morgan fingerprint density at radius 2 is 1.78 bits per heavy atom. The van der Waals surface area contributed by atoms with Crippen LogP contribution in [0.2, 0.25) is 0 Å². The van der Waals surface area contributed by atoms with Gasteiger partial charge in [0.1, 0.15) is 5.71 Å². The lowest BCUT2D eigenvalue weighted by Gasteiger charge is -2.58. The van der Waals surface area contributed by atoms with Gasteiger partial charge in [-0.15, -0.1) is 0 Å². The van der Waals surface area contributed by atoms with Crippen molar-refractivity contribution in [2.75, 3.05) is 13.2 Å². The highest BCUT2D eigenvalue weighted by Crippen LogP contribution is 2.66. The minimum atomic E-state index is -0.708. The first-order valence-electron chi connectivity index (χ1n) is 14.4. The molecule has 0 spiro atoms. The minimum absolute atomic E-state index is 0.0226. The van der Waals surface area contributed by atoms with Crippen LogP contribution in [0.5, 0.6) is 0 Å². The van der Waals surface area contributed by atoms with Crippen molar-refractivity contribution in [3.63, 3.8) is 0 Å². The molecule has 204 valence electrons. The SMILES string of the molecule is C[C@]12C=CC(=NOCC(=O)NCC3CCC(C(=O)O)CC3)C=C1CC[C@@H]1[C@H]2CC[C@@]2(C)[C@@H]1CC[C@]2(C)O. The molecule has 7 heteroatoms. The van der Waals surface area contributed by atoms with E-state index in [4.69, 9.17) is 9.94 Å². The number of aliphatic carboxylic acids is 1. The number of rotatable bonds is 6. The molecule has 5 aliphatic rings. The zero-order chi connectivity index (χ0) is 26.4. The lowest BCUT2D eigenvalue weighted by Crippen LogP contribution is -2.53. The number of hydrogen-bond acceptors (Lipinski definition) is 5. The molecule has 0 heterocycles. The van der Waals surface area contributed by atoms with Crippen LogP contribution in [-0.4, -0.2) is 46.6 Å². The van der Waals surface area contributed by atoms with Gasteiger partial charge >= 0.3 is 5.97 Å². The van der Waals surface area contributed by atoms with Gasteiger partial charge < -0.3 is 20.4 Å². The first-order chi connectivity index (χ1) is 17.5. The third kappa shape index (κ3) is 4.77. The van der Waals surface area contributed by atoms with Gasteiger partial charge in [-0.25, -0.2) is 0 Å². The molecule has 4 fully saturated rings. The van der Waals surface area contributed by atoms with Crippen molar-refractivity contribution in [3.05, 3.63) is 23.8 Å². The van der Waals surface area contributed by atoms with Crippen LogP contribution in [0.1, 0.15) is 85.0 Å². The number of carboxylic acids is 1. The van der Waals surface area contributed by atoms with Gasteiger partial charge in [-0.1, -0.05) is 30.7 Å². The number of nitrogens with zero attached hydrogens (tertiary/aromatic N) is 1. The number of nitrogens with one attached hydrogen (secondary N) is 1. The van der Waals surface area contributed by atoms with E-state index in [1.54, 1.807) is 0 Å². The lowest BCUT2D eigenvalue weighted by atomic mass is 9.47. The molecule has 0 aromatic heterocycles. The fourth-order valence-corrected chi connectivity index (χ4v) is 8.60. The molecule has 0 aliphatic heterocycles. The van der Waals surface area contributed by atoms with Gasteiger partial charge in [-0.05, 0) is 112 Å². The predicted molar refractivity (Wildman–Crippen MR) is 142 cm³/mol. The minimum Gasteiger partial charge on any atom is -0.481 e. The van der Waals surface area contributed by atoms with E-state index < -0.39 is 11.6 Å². The van der Waals surface area contributed by atoms with E-state index in [9.17, 15) is 14.7 Å². The van der Waals surface area contributed by atoms with Crippen LogP contribution >= 0.6 is 0 Å². The summed E-state index contributed by atoms with van der Waals surface area (Å²) in [5.74, 6) is 1.03. The molecule has 1 amide bonds. The summed E-state index contributed by atoms with van der Waals surface area (Å²) >= 11 is 0. The quantitative estimate of drug-likeness (QED) is 0.441. The van der Waals surface area contributed by atoms with E-state index in [0.717, 1.165) is 50.7 Å². The average Bonchev–Trinajstić information content (AvgIpc) is 3.11. The van der Waals surface area contributed by atoms with Crippen molar-refractivity contribution in [1.82, 2.24) is 5.32 Å². The van der Waals surface area contributed by atoms with Gasteiger partial charge in [0, 0.05) is 12.0 Å². The Morgan fingerprint density at radius 1 is 1.05 bits per heavy atom. The second-order valence-corrected chi connectivity index (χ2v) is 13.1. The maximum Gasteiger partial charge on any atom is 0.306 e. The topological polar surface area (TPSA) is 108 Å². The second kappa shape index (κ2) is 9.87. The summed E-state index contributed by atoms with van der Waals surface area (Å²) < 4.78 is 0. The molecular formula is C30H44N2O5. The maximum absolute atomic E-state index is 12.2. The van der Waals surface area contributed by atoms with Gasteiger partial charge in [0.25, 0.3) is 5.91 Å². The lowest BCUT2D eigenvalue weighted by molar-refractivity contribution is -0.143. The van der Waals surface area contributed by atoms with E-state index >= 15 is 0 Å². The van der Waals surface area contributed by atoms with Crippen molar-refractivity contribution >= 4 is 17.6 Å². The van der Waals surface area contributed by atoms with E-state index in [1.165, 1.54) is 12.0 Å². The summed E-state index contributed by atoms with van der Waals surface area (Å²) in [6, 6.07) is 0. The number of allylic oxidation sites excluding steroid dienone is 4. The zero-order valence-electron chi connectivity index (χ0n) is 22.7. The monoisotopic (exact) mass is 512 g/mol. The van der Waals surface area contributed by atoms with Crippen LogP contribution < -0.4 is 5.32 Å². The molecule has 4 saturated carbocycles. The summed E-state index contributed by atoms with van der Waals surface area (Å²) in [5.41, 5.74) is 1.67.